The summed E-state index contributed by atoms with van der Waals surface area (Å²) in [4.78, 5) is 23.4. The zero-order valence-corrected chi connectivity index (χ0v) is 12.3. The zero-order chi connectivity index (χ0) is 14.7. The fraction of sp³-hybridized carbons (Fsp3) is 0.556. The molecule has 2 aliphatic carbocycles. The largest absolute Gasteiger partial charge is 0.457 e. The van der Waals surface area contributed by atoms with E-state index in [-0.39, 0.29) is 24.3 Å². The Labute approximate surface area is 125 Å². The molecule has 0 saturated heterocycles. The van der Waals surface area contributed by atoms with Crippen molar-refractivity contribution in [2.24, 2.45) is 5.92 Å². The van der Waals surface area contributed by atoms with Crippen LogP contribution in [0.2, 0.25) is 0 Å². The van der Waals surface area contributed by atoms with Crippen molar-refractivity contribution in [1.82, 2.24) is 0 Å². The first kappa shape index (κ1) is 14.3. The number of Topliss-reactive ketones (excluding diaryl/α,β-unsaturated/α-hetero) is 1. The Kier molecular flexibility index (Phi) is 4.37. The van der Waals surface area contributed by atoms with Gasteiger partial charge in [0.2, 0.25) is 0 Å². The molecule has 2 fully saturated rings. The normalized spacial score (nSPS) is 19.2. The van der Waals surface area contributed by atoms with Crippen molar-refractivity contribution in [2.75, 3.05) is 6.61 Å². The van der Waals surface area contributed by atoms with Gasteiger partial charge in [0.25, 0.3) is 0 Å². The van der Waals surface area contributed by atoms with E-state index in [1.165, 1.54) is 37.7 Å². The number of ether oxygens (including phenoxy) is 1. The van der Waals surface area contributed by atoms with Crippen molar-refractivity contribution in [3.63, 3.8) is 0 Å². The number of esters is 1. The molecule has 21 heavy (non-hydrogen) atoms. The summed E-state index contributed by atoms with van der Waals surface area (Å²) in [7, 11) is 0. The van der Waals surface area contributed by atoms with Gasteiger partial charge in [0, 0.05) is 5.56 Å². The minimum Gasteiger partial charge on any atom is -0.457 e. The average Bonchev–Trinajstić information content (AvgIpc) is 3.38. The highest BCUT2D eigenvalue weighted by molar-refractivity contribution is 5.98. The first-order valence-electron chi connectivity index (χ1n) is 8.04. The van der Waals surface area contributed by atoms with Crippen LogP contribution < -0.4 is 0 Å². The minimum absolute atomic E-state index is 0.0477. The molecule has 3 rings (SSSR count). The first-order chi connectivity index (χ1) is 10.2. The van der Waals surface area contributed by atoms with E-state index in [9.17, 15) is 9.59 Å². The van der Waals surface area contributed by atoms with E-state index in [4.69, 9.17) is 4.74 Å². The fourth-order valence-corrected chi connectivity index (χ4v) is 3.03. The summed E-state index contributed by atoms with van der Waals surface area (Å²) < 4.78 is 5.04. The van der Waals surface area contributed by atoms with E-state index in [0.717, 1.165) is 12.8 Å². The lowest BCUT2D eigenvalue weighted by Gasteiger charge is -2.22. The van der Waals surface area contributed by atoms with E-state index < -0.39 is 0 Å². The highest BCUT2D eigenvalue weighted by atomic mass is 16.5. The number of carbonyl (C=O) groups excluding carboxylic acids is 2. The third kappa shape index (κ3) is 3.72. The summed E-state index contributed by atoms with van der Waals surface area (Å²) in [5.74, 6) is 0.364. The van der Waals surface area contributed by atoms with Gasteiger partial charge in [-0.1, -0.05) is 43.5 Å². The van der Waals surface area contributed by atoms with Gasteiger partial charge in [-0.2, -0.15) is 0 Å². The van der Waals surface area contributed by atoms with Crippen LogP contribution in [-0.2, 0) is 9.53 Å². The number of ketones is 1. The molecular weight excluding hydrogens is 264 g/mol. The van der Waals surface area contributed by atoms with Crippen LogP contribution in [0.3, 0.4) is 0 Å². The van der Waals surface area contributed by atoms with Gasteiger partial charge in [-0.3, -0.25) is 9.59 Å². The maximum absolute atomic E-state index is 12.0. The molecule has 112 valence electrons. The van der Waals surface area contributed by atoms with Crippen molar-refractivity contribution in [2.45, 2.75) is 50.9 Å². The first-order valence-corrected chi connectivity index (χ1v) is 8.04. The monoisotopic (exact) mass is 286 g/mol. The highest BCUT2D eigenvalue weighted by Crippen LogP contribution is 2.32. The second-order valence-electron chi connectivity index (χ2n) is 6.26. The van der Waals surface area contributed by atoms with Crippen LogP contribution in [-0.4, -0.2) is 18.4 Å². The van der Waals surface area contributed by atoms with E-state index in [0.29, 0.717) is 11.5 Å². The molecule has 0 bridgehead atoms. The van der Waals surface area contributed by atoms with Crippen LogP contribution in [0.25, 0.3) is 0 Å². The van der Waals surface area contributed by atoms with Crippen molar-refractivity contribution in [3.05, 3.63) is 35.4 Å². The Morgan fingerprint density at radius 2 is 1.62 bits per heavy atom. The Bertz CT molecular complexity index is 508. The van der Waals surface area contributed by atoms with Gasteiger partial charge in [0.15, 0.2) is 12.4 Å². The van der Waals surface area contributed by atoms with Crippen molar-refractivity contribution >= 4 is 11.8 Å². The minimum atomic E-state index is -0.220. The number of rotatable bonds is 5. The third-order valence-corrected chi connectivity index (χ3v) is 4.57. The molecule has 3 nitrogen and oxygen atoms in total. The van der Waals surface area contributed by atoms with Crippen LogP contribution in [0, 0.1) is 5.92 Å². The van der Waals surface area contributed by atoms with Crippen LogP contribution in [0.5, 0.6) is 0 Å². The van der Waals surface area contributed by atoms with Gasteiger partial charge < -0.3 is 4.74 Å². The smallest absolute Gasteiger partial charge is 0.309 e. The molecule has 0 atom stereocenters. The molecule has 2 saturated carbocycles. The summed E-state index contributed by atoms with van der Waals surface area (Å²) in [6, 6.07) is 7.87. The maximum Gasteiger partial charge on any atom is 0.309 e. The zero-order valence-electron chi connectivity index (χ0n) is 12.3. The molecule has 0 N–H and O–H groups in total. The fourth-order valence-electron chi connectivity index (χ4n) is 3.03. The van der Waals surface area contributed by atoms with E-state index >= 15 is 0 Å². The van der Waals surface area contributed by atoms with E-state index in [1.54, 1.807) is 0 Å². The summed E-state index contributed by atoms with van der Waals surface area (Å²) in [6.45, 7) is -0.127. The van der Waals surface area contributed by atoms with Gasteiger partial charge >= 0.3 is 5.97 Å². The lowest BCUT2D eigenvalue weighted by Crippen LogP contribution is -2.15. The van der Waals surface area contributed by atoms with Crippen molar-refractivity contribution < 1.29 is 14.3 Å². The summed E-state index contributed by atoms with van der Waals surface area (Å²) in [5, 5.41) is 0. The topological polar surface area (TPSA) is 43.4 Å². The Morgan fingerprint density at radius 1 is 0.952 bits per heavy atom. The van der Waals surface area contributed by atoms with Gasteiger partial charge in [0.1, 0.15) is 0 Å². The predicted molar refractivity (Wildman–Crippen MR) is 80.3 cm³/mol. The Balaban J connectivity index is 1.55. The van der Waals surface area contributed by atoms with E-state index in [1.807, 2.05) is 12.1 Å². The third-order valence-electron chi connectivity index (χ3n) is 4.57. The molecule has 0 unspecified atom stereocenters. The lowest BCUT2D eigenvalue weighted by atomic mass is 9.84. The molecule has 0 aromatic heterocycles. The maximum atomic E-state index is 12.0. The molecular formula is C18H22O3. The molecule has 0 spiro atoms. The standard InChI is InChI=1S/C18H22O3/c19-17(12-21-18(20)16-10-11-16)15-8-6-14(7-9-15)13-4-2-1-3-5-13/h6-9,13,16H,1-5,10-12H2. The molecule has 0 radical (unpaired) electrons. The quantitative estimate of drug-likeness (QED) is 0.609. The SMILES string of the molecule is O=C(COC(=O)C1CC1)c1ccc(C2CCCCC2)cc1. The highest BCUT2D eigenvalue weighted by Gasteiger charge is 2.31. The number of benzene rings is 1. The number of hydrogen-bond acceptors (Lipinski definition) is 3. The van der Waals surface area contributed by atoms with Crippen LogP contribution in [0.1, 0.15) is 66.8 Å². The average molecular weight is 286 g/mol. The van der Waals surface area contributed by atoms with Gasteiger partial charge in [-0.15, -0.1) is 0 Å². The predicted octanol–water partition coefficient (Wildman–Crippen LogP) is 3.87. The molecule has 0 heterocycles. The molecule has 0 aliphatic heterocycles. The van der Waals surface area contributed by atoms with E-state index in [2.05, 4.69) is 12.1 Å². The van der Waals surface area contributed by atoms with Crippen molar-refractivity contribution in [3.8, 4) is 0 Å². The Morgan fingerprint density at radius 3 is 2.24 bits per heavy atom. The summed E-state index contributed by atoms with van der Waals surface area (Å²) >= 11 is 0. The van der Waals surface area contributed by atoms with Crippen molar-refractivity contribution in [1.29, 1.82) is 0 Å². The van der Waals surface area contributed by atoms with Crippen LogP contribution in [0.4, 0.5) is 0 Å². The molecule has 1 aromatic rings. The van der Waals surface area contributed by atoms with Gasteiger partial charge in [-0.25, -0.2) is 0 Å². The number of carbonyl (C=O) groups is 2. The van der Waals surface area contributed by atoms with Gasteiger partial charge in [0.05, 0.1) is 5.92 Å². The second-order valence-corrected chi connectivity index (χ2v) is 6.26. The molecule has 2 aliphatic rings. The van der Waals surface area contributed by atoms with Crippen LogP contribution in [0.15, 0.2) is 24.3 Å². The molecule has 0 amide bonds. The van der Waals surface area contributed by atoms with Crippen LogP contribution >= 0.6 is 0 Å². The van der Waals surface area contributed by atoms with Gasteiger partial charge in [-0.05, 0) is 37.2 Å². The summed E-state index contributed by atoms with van der Waals surface area (Å²) in [6.07, 6.45) is 8.29. The molecule has 3 heteroatoms. The number of hydrogen-bond donors (Lipinski definition) is 0. The Hall–Kier alpha value is -1.64. The second kappa shape index (κ2) is 6.42. The lowest BCUT2D eigenvalue weighted by molar-refractivity contribution is -0.144. The molecule has 1 aromatic carbocycles. The summed E-state index contributed by atoms with van der Waals surface area (Å²) in [5.41, 5.74) is 1.97.